The van der Waals surface area contributed by atoms with Gasteiger partial charge in [0, 0.05) is 17.3 Å². The quantitative estimate of drug-likeness (QED) is 0.941. The highest BCUT2D eigenvalue weighted by Gasteiger charge is 2.23. The maximum absolute atomic E-state index is 12.9. The normalized spacial score (nSPS) is 15.2. The van der Waals surface area contributed by atoms with Crippen LogP contribution in [0.4, 0.5) is 0 Å². The molecule has 1 heterocycles. The topological polar surface area (TPSA) is 48.0 Å². The summed E-state index contributed by atoms with van der Waals surface area (Å²) in [7, 11) is 0. The van der Waals surface area contributed by atoms with E-state index in [0.717, 1.165) is 30.4 Å². The zero-order valence-electron chi connectivity index (χ0n) is 12.7. The molecule has 3 heteroatoms. The van der Waals surface area contributed by atoms with E-state index in [1.54, 1.807) is 0 Å². The van der Waals surface area contributed by atoms with Crippen molar-refractivity contribution in [1.29, 1.82) is 0 Å². The summed E-state index contributed by atoms with van der Waals surface area (Å²) >= 11 is 0. The van der Waals surface area contributed by atoms with Crippen LogP contribution in [0, 0.1) is 0 Å². The first-order chi connectivity index (χ1) is 10.1. The van der Waals surface area contributed by atoms with E-state index in [1.165, 1.54) is 11.3 Å². The number of nitrogens with zero attached hydrogens (tertiary/aromatic N) is 1. The Labute approximate surface area is 125 Å². The number of hydrogen-bond donors (Lipinski definition) is 1. The number of fused-ring (bicyclic) bond motifs is 1. The zero-order chi connectivity index (χ0) is 15.0. The minimum absolute atomic E-state index is 0.0713. The second-order valence-electron chi connectivity index (χ2n) is 6.08. The molecule has 0 fully saturated rings. The van der Waals surface area contributed by atoms with Crippen molar-refractivity contribution >= 4 is 0 Å². The number of rotatable bonds is 3. The van der Waals surface area contributed by atoms with Crippen molar-refractivity contribution < 1.29 is 0 Å². The molecule has 0 aliphatic heterocycles. The first-order valence-electron chi connectivity index (χ1n) is 7.67. The molecule has 2 N–H and O–H groups in total. The third kappa shape index (κ3) is 2.42. The van der Waals surface area contributed by atoms with Crippen LogP contribution >= 0.6 is 0 Å². The van der Waals surface area contributed by atoms with Crippen LogP contribution in [0.3, 0.4) is 0 Å². The second kappa shape index (κ2) is 5.49. The van der Waals surface area contributed by atoms with Crippen LogP contribution in [0.25, 0.3) is 0 Å². The highest BCUT2D eigenvalue weighted by Crippen LogP contribution is 2.26. The van der Waals surface area contributed by atoms with Crippen molar-refractivity contribution in [2.45, 2.75) is 45.2 Å². The molecule has 1 aliphatic carbocycles. The number of hydrogen-bond acceptors (Lipinski definition) is 2. The fraction of sp³-hybridized carbons (Fsp3) is 0.389. The van der Waals surface area contributed by atoms with Gasteiger partial charge in [-0.1, -0.05) is 30.3 Å². The van der Waals surface area contributed by atoms with E-state index >= 15 is 0 Å². The number of aryl methyl sites for hydroxylation is 1. The Kier molecular flexibility index (Phi) is 3.68. The summed E-state index contributed by atoms with van der Waals surface area (Å²) in [5.74, 6) is 0. The molecule has 1 unspecified atom stereocenters. The molecule has 0 amide bonds. The molecule has 1 atom stereocenters. The van der Waals surface area contributed by atoms with Crippen LogP contribution in [-0.4, -0.2) is 4.57 Å². The van der Waals surface area contributed by atoms with Crippen molar-refractivity contribution in [1.82, 2.24) is 4.57 Å². The van der Waals surface area contributed by atoms with Gasteiger partial charge >= 0.3 is 0 Å². The second-order valence-corrected chi connectivity index (χ2v) is 6.08. The van der Waals surface area contributed by atoms with E-state index in [4.69, 9.17) is 5.73 Å². The third-order valence-corrected chi connectivity index (χ3v) is 4.33. The summed E-state index contributed by atoms with van der Waals surface area (Å²) in [4.78, 5) is 12.9. The average molecular weight is 282 g/mol. The highest BCUT2D eigenvalue weighted by molar-refractivity contribution is 5.36. The van der Waals surface area contributed by atoms with Crippen LogP contribution < -0.4 is 11.3 Å². The van der Waals surface area contributed by atoms with E-state index in [-0.39, 0.29) is 17.6 Å². The summed E-state index contributed by atoms with van der Waals surface area (Å²) < 4.78 is 1.94. The fourth-order valence-electron chi connectivity index (χ4n) is 3.30. The van der Waals surface area contributed by atoms with Gasteiger partial charge in [0.1, 0.15) is 0 Å². The Bertz CT molecular complexity index is 701. The number of nitrogens with two attached hydrogens (primary N) is 1. The Hall–Kier alpha value is -1.87. The first kappa shape index (κ1) is 14.1. The van der Waals surface area contributed by atoms with Gasteiger partial charge in [0.15, 0.2) is 0 Å². The van der Waals surface area contributed by atoms with Crippen LogP contribution in [0.15, 0.2) is 41.2 Å². The number of pyridine rings is 1. The molecule has 0 radical (unpaired) electrons. The SMILES string of the molecule is CC(C)n1c2c(cc(C(N)c3ccccc3)c1=O)CCC2. The molecule has 1 aromatic carbocycles. The van der Waals surface area contributed by atoms with Crippen LogP contribution in [0.1, 0.15) is 54.7 Å². The van der Waals surface area contributed by atoms with Gasteiger partial charge in [-0.2, -0.15) is 0 Å². The highest BCUT2D eigenvalue weighted by atomic mass is 16.1. The molecule has 0 bridgehead atoms. The van der Waals surface area contributed by atoms with E-state index in [2.05, 4.69) is 13.8 Å². The lowest BCUT2D eigenvalue weighted by molar-refractivity contribution is 0.546. The predicted molar refractivity (Wildman–Crippen MR) is 85.6 cm³/mol. The molecule has 110 valence electrons. The summed E-state index contributed by atoms with van der Waals surface area (Å²) in [5.41, 5.74) is 10.6. The van der Waals surface area contributed by atoms with Crippen molar-refractivity contribution in [3.8, 4) is 0 Å². The predicted octanol–water partition coefficient (Wildman–Crippen LogP) is 2.97. The van der Waals surface area contributed by atoms with Crippen LogP contribution in [0.2, 0.25) is 0 Å². The largest absolute Gasteiger partial charge is 0.320 e. The lowest BCUT2D eigenvalue weighted by Crippen LogP contribution is -2.32. The molecule has 2 aromatic rings. The van der Waals surface area contributed by atoms with E-state index in [9.17, 15) is 4.79 Å². The van der Waals surface area contributed by atoms with Gasteiger partial charge in [-0.25, -0.2) is 0 Å². The smallest absolute Gasteiger partial charge is 0.256 e. The minimum atomic E-state index is -0.352. The van der Waals surface area contributed by atoms with Crippen molar-refractivity contribution in [2.24, 2.45) is 5.73 Å². The molecule has 1 aromatic heterocycles. The molecular formula is C18H22N2O. The summed E-state index contributed by atoms with van der Waals surface area (Å²) in [6.45, 7) is 4.13. The molecule has 0 saturated heterocycles. The molecule has 1 aliphatic rings. The van der Waals surface area contributed by atoms with Crippen LogP contribution in [-0.2, 0) is 12.8 Å². The van der Waals surface area contributed by atoms with Crippen LogP contribution in [0.5, 0.6) is 0 Å². The fourth-order valence-corrected chi connectivity index (χ4v) is 3.30. The van der Waals surface area contributed by atoms with E-state index in [0.29, 0.717) is 0 Å². The van der Waals surface area contributed by atoms with E-state index < -0.39 is 0 Å². The molecular weight excluding hydrogens is 260 g/mol. The standard InChI is InChI=1S/C18H22N2O/c1-12(2)20-16-10-6-9-14(16)11-15(18(20)21)17(19)13-7-4-3-5-8-13/h3-5,7-8,11-12,17H,6,9-10,19H2,1-2H3. The van der Waals surface area contributed by atoms with Gasteiger partial charge in [-0.15, -0.1) is 0 Å². The third-order valence-electron chi connectivity index (χ3n) is 4.33. The monoisotopic (exact) mass is 282 g/mol. The maximum Gasteiger partial charge on any atom is 0.256 e. The Morgan fingerprint density at radius 3 is 2.52 bits per heavy atom. The number of aromatic nitrogens is 1. The summed E-state index contributed by atoms with van der Waals surface area (Å²) in [6, 6.07) is 11.7. The van der Waals surface area contributed by atoms with Gasteiger partial charge in [0.05, 0.1) is 6.04 Å². The van der Waals surface area contributed by atoms with Gasteiger partial charge in [0.2, 0.25) is 0 Å². The zero-order valence-corrected chi connectivity index (χ0v) is 12.7. The van der Waals surface area contributed by atoms with Crippen molar-refractivity contribution in [3.05, 3.63) is 69.1 Å². The Morgan fingerprint density at radius 1 is 1.14 bits per heavy atom. The van der Waals surface area contributed by atoms with E-state index in [1.807, 2.05) is 41.0 Å². The van der Waals surface area contributed by atoms with Gasteiger partial charge in [0.25, 0.3) is 5.56 Å². The lowest BCUT2D eigenvalue weighted by Gasteiger charge is -2.20. The van der Waals surface area contributed by atoms with Crippen molar-refractivity contribution in [3.63, 3.8) is 0 Å². The Balaban J connectivity index is 2.16. The van der Waals surface area contributed by atoms with Gasteiger partial charge in [-0.05, 0) is 50.3 Å². The molecule has 3 rings (SSSR count). The maximum atomic E-state index is 12.9. The number of benzene rings is 1. The lowest BCUT2D eigenvalue weighted by atomic mass is 9.98. The average Bonchev–Trinajstić information content (AvgIpc) is 2.94. The molecule has 21 heavy (non-hydrogen) atoms. The summed E-state index contributed by atoms with van der Waals surface area (Å²) in [5, 5.41) is 0. The Morgan fingerprint density at radius 2 is 1.86 bits per heavy atom. The molecule has 0 spiro atoms. The van der Waals surface area contributed by atoms with Gasteiger partial charge in [-0.3, -0.25) is 4.79 Å². The summed E-state index contributed by atoms with van der Waals surface area (Å²) in [6.07, 6.45) is 3.19. The van der Waals surface area contributed by atoms with Crippen molar-refractivity contribution in [2.75, 3.05) is 0 Å². The molecule has 0 saturated carbocycles. The molecule has 3 nitrogen and oxygen atoms in total. The first-order valence-corrected chi connectivity index (χ1v) is 7.67. The minimum Gasteiger partial charge on any atom is -0.320 e. The van der Waals surface area contributed by atoms with Gasteiger partial charge < -0.3 is 10.3 Å².